The number of hydrogen-bond donors (Lipinski definition) is 4. The van der Waals surface area contributed by atoms with E-state index < -0.39 is 7.28 Å². The number of nitrogens with two attached hydrogens (primary N) is 1. The third-order valence-electron chi connectivity index (χ3n) is 9.50. The molecule has 5 heteroatoms. The molecule has 0 aliphatic carbocycles. The first-order valence-corrected chi connectivity index (χ1v) is 23.2. The van der Waals surface area contributed by atoms with Gasteiger partial charge in [0.25, 0.3) is 0 Å². The zero-order valence-corrected chi connectivity index (χ0v) is 32.4. The molecule has 0 amide bonds. The van der Waals surface area contributed by atoms with Crippen molar-refractivity contribution in [2.75, 3.05) is 18.9 Å². The molecule has 0 aliphatic rings. The Hall–Kier alpha value is 0.270. The van der Waals surface area contributed by atoms with Crippen molar-refractivity contribution < 1.29 is 14.7 Å². The average Bonchev–Trinajstić information content (AvgIpc) is 3.01. The zero-order chi connectivity index (χ0) is 33.6. The van der Waals surface area contributed by atoms with Crippen LogP contribution in [-0.4, -0.2) is 33.5 Å². The summed E-state index contributed by atoms with van der Waals surface area (Å²) in [5.41, 5.74) is 5.47. The third kappa shape index (κ3) is 44.3. The fourth-order valence-corrected chi connectivity index (χ4v) is 8.26. The van der Waals surface area contributed by atoms with Crippen LogP contribution in [0.1, 0.15) is 239 Å². The zero-order valence-electron chi connectivity index (χ0n) is 31.5. The fourth-order valence-electron chi connectivity index (χ4n) is 6.30. The molecule has 0 bridgehead atoms. The van der Waals surface area contributed by atoms with E-state index >= 15 is 0 Å². The van der Waals surface area contributed by atoms with E-state index in [2.05, 4.69) is 20.8 Å². The summed E-state index contributed by atoms with van der Waals surface area (Å²) in [5.74, 6) is 0. The average molecular weight is 662 g/mol. The van der Waals surface area contributed by atoms with Crippen molar-refractivity contribution in [3.05, 3.63) is 0 Å². The van der Waals surface area contributed by atoms with Gasteiger partial charge in [-0.05, 0) is 13.0 Å². The van der Waals surface area contributed by atoms with E-state index in [1.165, 1.54) is 180 Å². The number of rotatable bonds is 36. The molecule has 0 aromatic heterocycles. The van der Waals surface area contributed by atoms with Gasteiger partial charge in [0.15, 0.2) is 0 Å². The van der Waals surface area contributed by atoms with Crippen LogP contribution in [0.2, 0.25) is 0 Å². The molecule has 0 rings (SSSR count). The Morgan fingerprint density at radius 2 is 0.467 bits per heavy atom. The van der Waals surface area contributed by atoms with Gasteiger partial charge in [-0.3, -0.25) is 0 Å². The maximum absolute atomic E-state index is 10.3. The second kappa shape index (κ2) is 37.1. The minimum absolute atomic E-state index is 0.208. The summed E-state index contributed by atoms with van der Waals surface area (Å²) >= 11 is 0. The van der Waals surface area contributed by atoms with Gasteiger partial charge in [-0.25, -0.2) is 0 Å². The van der Waals surface area contributed by atoms with Crippen molar-refractivity contribution >= 4 is 7.28 Å². The molecule has 0 heterocycles. The Kier molecular flexibility index (Phi) is 39.1. The molecular formula is C40H88NO3P. The topological polar surface area (TPSA) is 86.7 Å². The van der Waals surface area contributed by atoms with Crippen molar-refractivity contribution in [2.24, 2.45) is 5.73 Å². The van der Waals surface area contributed by atoms with Crippen molar-refractivity contribution in [3.63, 3.8) is 0 Å². The van der Waals surface area contributed by atoms with Crippen LogP contribution >= 0.6 is 7.28 Å². The fraction of sp³-hybridized carbons (Fsp3) is 1.00. The minimum atomic E-state index is -4.36. The van der Waals surface area contributed by atoms with Gasteiger partial charge in [-0.2, -0.15) is 0 Å². The first-order valence-electron chi connectivity index (χ1n) is 20.8. The Morgan fingerprint density at radius 3 is 0.667 bits per heavy atom. The van der Waals surface area contributed by atoms with Crippen LogP contribution in [0.4, 0.5) is 0 Å². The normalized spacial score (nSPS) is 12.6. The molecule has 0 saturated heterocycles. The standard InChI is InChI=1S/C24H53O3P.C16H35N/c1-3-5-7-9-11-13-15-17-19-21-23-28(25,26,27)24-22-20-18-16-14-12-10-8-6-4-2;1-2-3-4-5-6-7-8-9-10-11-12-13-14-15-16-17/h25-27H,3-24H2,1-2H3;2-17H2,1H3. The van der Waals surface area contributed by atoms with Crippen molar-refractivity contribution in [3.8, 4) is 0 Å². The second-order valence-corrected chi connectivity index (χ2v) is 18.1. The first-order chi connectivity index (χ1) is 21.8. The van der Waals surface area contributed by atoms with Gasteiger partial charge in [0.05, 0.1) is 0 Å². The molecule has 0 fully saturated rings. The van der Waals surface area contributed by atoms with E-state index in [1.54, 1.807) is 0 Å². The van der Waals surface area contributed by atoms with Crippen LogP contribution in [0.25, 0.3) is 0 Å². The van der Waals surface area contributed by atoms with Crippen molar-refractivity contribution in [1.29, 1.82) is 0 Å². The van der Waals surface area contributed by atoms with E-state index in [0.29, 0.717) is 0 Å². The van der Waals surface area contributed by atoms with Crippen LogP contribution in [0, 0.1) is 0 Å². The molecule has 0 aliphatic heterocycles. The molecular weight excluding hydrogens is 573 g/mol. The van der Waals surface area contributed by atoms with E-state index in [4.69, 9.17) is 5.73 Å². The Labute approximate surface area is 285 Å². The Bertz CT molecular complexity index is 495. The molecule has 0 saturated carbocycles. The SMILES string of the molecule is CCCCCCCCCCCCCCCCN.CCCCCCCCCCCCP(O)(O)(O)CCCCCCCCCCCC. The predicted octanol–water partition coefficient (Wildman–Crippen LogP) is 13.5. The summed E-state index contributed by atoms with van der Waals surface area (Å²) in [5, 5.41) is 0. The molecule has 0 aromatic carbocycles. The first kappa shape index (κ1) is 47.4. The molecule has 45 heavy (non-hydrogen) atoms. The van der Waals surface area contributed by atoms with E-state index in [-0.39, 0.29) is 12.3 Å². The maximum atomic E-state index is 10.3. The van der Waals surface area contributed by atoms with Crippen LogP contribution in [0.15, 0.2) is 0 Å². The van der Waals surface area contributed by atoms with Crippen LogP contribution in [0.3, 0.4) is 0 Å². The van der Waals surface area contributed by atoms with E-state index in [1.807, 2.05) is 0 Å². The third-order valence-corrected chi connectivity index (χ3v) is 12.0. The van der Waals surface area contributed by atoms with E-state index in [9.17, 15) is 14.7 Å². The van der Waals surface area contributed by atoms with Crippen LogP contribution in [-0.2, 0) is 0 Å². The monoisotopic (exact) mass is 662 g/mol. The summed E-state index contributed by atoms with van der Waals surface area (Å²) in [6.45, 7) is 7.65. The predicted molar refractivity (Wildman–Crippen MR) is 206 cm³/mol. The molecule has 4 nitrogen and oxygen atoms in total. The van der Waals surface area contributed by atoms with Gasteiger partial charge in [-0.1, -0.05) is 90.4 Å². The van der Waals surface area contributed by atoms with Gasteiger partial charge < -0.3 is 5.73 Å². The number of unbranched alkanes of at least 4 members (excludes halogenated alkanes) is 31. The molecule has 0 spiro atoms. The molecule has 276 valence electrons. The summed E-state index contributed by atoms with van der Waals surface area (Å²) < 4.78 is 0. The molecule has 0 atom stereocenters. The second-order valence-electron chi connectivity index (χ2n) is 14.5. The molecule has 0 radical (unpaired) electrons. The van der Waals surface area contributed by atoms with Gasteiger partial charge in [-0.15, -0.1) is 0 Å². The van der Waals surface area contributed by atoms with Crippen molar-refractivity contribution in [1.82, 2.24) is 0 Å². The van der Waals surface area contributed by atoms with Crippen LogP contribution in [0.5, 0.6) is 0 Å². The summed E-state index contributed by atoms with van der Waals surface area (Å²) in [6.07, 6.45) is 44.6. The summed E-state index contributed by atoms with van der Waals surface area (Å²) in [4.78, 5) is 30.8. The number of hydrogen-bond acceptors (Lipinski definition) is 4. The van der Waals surface area contributed by atoms with Gasteiger partial charge in [0.1, 0.15) is 0 Å². The summed E-state index contributed by atoms with van der Waals surface area (Å²) in [7, 11) is -4.36. The van der Waals surface area contributed by atoms with Crippen LogP contribution < -0.4 is 5.73 Å². The Balaban J connectivity index is 0. The van der Waals surface area contributed by atoms with Gasteiger partial charge >= 0.3 is 177 Å². The quantitative estimate of drug-likeness (QED) is 0.0397. The molecule has 0 unspecified atom stereocenters. The van der Waals surface area contributed by atoms with Gasteiger partial charge in [0, 0.05) is 0 Å². The van der Waals surface area contributed by atoms with Crippen molar-refractivity contribution in [2.45, 2.75) is 239 Å². The summed E-state index contributed by atoms with van der Waals surface area (Å²) in [6, 6.07) is 0. The van der Waals surface area contributed by atoms with Gasteiger partial charge in [0.2, 0.25) is 0 Å². The molecule has 0 aromatic rings. The molecule has 5 N–H and O–H groups in total. The van der Waals surface area contributed by atoms with E-state index in [0.717, 1.165) is 45.1 Å². The Morgan fingerprint density at radius 1 is 0.289 bits per heavy atom.